The minimum atomic E-state index is -4.08. The first-order chi connectivity index (χ1) is 27.4. The van der Waals surface area contributed by atoms with Crippen LogP contribution in [0, 0.1) is 6.92 Å². The van der Waals surface area contributed by atoms with Gasteiger partial charge in [-0.25, -0.2) is 27.7 Å². The Balaban J connectivity index is 1.75. The number of aryl methyl sites for hydroxylation is 1. The number of amidine groups is 1. The van der Waals surface area contributed by atoms with Crippen molar-refractivity contribution in [1.29, 1.82) is 0 Å². The van der Waals surface area contributed by atoms with Crippen LogP contribution in [0.15, 0.2) is 103 Å². The van der Waals surface area contributed by atoms with Crippen molar-refractivity contribution >= 4 is 68.7 Å². The van der Waals surface area contributed by atoms with Crippen molar-refractivity contribution in [3.05, 3.63) is 94.9 Å². The molecular weight excluding hydrogens is 811 g/mol. The number of benzene rings is 3. The van der Waals surface area contributed by atoms with Gasteiger partial charge in [0.05, 0.1) is 24.6 Å². The molecular formula is C43H53N5O8S3. The number of carbonyl (C=O) groups is 3. The van der Waals surface area contributed by atoms with E-state index in [1.165, 1.54) is 28.8 Å². The third-order valence-electron chi connectivity index (χ3n) is 7.83. The first-order valence-corrected chi connectivity index (χ1v) is 22.2. The highest BCUT2D eigenvalue weighted by Gasteiger charge is 2.31. The van der Waals surface area contributed by atoms with Crippen molar-refractivity contribution < 1.29 is 37.0 Å². The molecule has 59 heavy (non-hydrogen) atoms. The first kappa shape index (κ1) is 46.5. The van der Waals surface area contributed by atoms with E-state index in [0.29, 0.717) is 37.9 Å². The summed E-state index contributed by atoms with van der Waals surface area (Å²) in [6.45, 7) is 17.5. The summed E-state index contributed by atoms with van der Waals surface area (Å²) in [4.78, 5) is 49.5. The third-order valence-corrected chi connectivity index (χ3v) is 12.2. The number of rotatable bonds is 9. The number of sulfone groups is 1. The summed E-state index contributed by atoms with van der Waals surface area (Å²) in [7, 11) is -4.08. The SMILES string of the molecule is CSc1sc(C(N)=NC(=O)OC(C)(C)C)cc1S(=O)(=O)c1cccc(-c2ccc(N(C(=O)OC(C)(C)C)C(=NCCc3ccccc3)NC(=O)OC(C)(C)C)cc2C)c1. The quantitative estimate of drug-likeness (QED) is 0.0712. The van der Waals surface area contributed by atoms with Crippen LogP contribution in [0.5, 0.6) is 0 Å². The molecule has 1 aromatic heterocycles. The minimum absolute atomic E-state index is 0.0288. The zero-order valence-corrected chi connectivity index (χ0v) is 37.8. The molecule has 0 atom stereocenters. The second-order valence-electron chi connectivity index (χ2n) is 16.4. The molecule has 316 valence electrons. The highest BCUT2D eigenvalue weighted by molar-refractivity contribution is 8.01. The van der Waals surface area contributed by atoms with E-state index in [4.69, 9.17) is 19.9 Å². The second-order valence-corrected chi connectivity index (χ2v) is 20.4. The van der Waals surface area contributed by atoms with Crippen LogP contribution in [-0.4, -0.2) is 68.1 Å². The number of anilines is 1. The molecule has 0 radical (unpaired) electrons. The number of alkyl carbamates (subject to hydrolysis) is 1. The number of nitrogens with zero attached hydrogens (tertiary/aromatic N) is 3. The van der Waals surface area contributed by atoms with E-state index in [9.17, 15) is 22.8 Å². The zero-order valence-electron chi connectivity index (χ0n) is 35.3. The molecule has 0 aliphatic rings. The van der Waals surface area contributed by atoms with Crippen LogP contribution < -0.4 is 16.0 Å². The van der Waals surface area contributed by atoms with Gasteiger partial charge in [-0.2, -0.15) is 4.99 Å². The van der Waals surface area contributed by atoms with E-state index in [0.717, 1.165) is 16.9 Å². The fraction of sp³-hybridized carbons (Fsp3) is 0.372. The Bertz CT molecular complexity index is 2340. The van der Waals surface area contributed by atoms with Crippen LogP contribution in [0.2, 0.25) is 0 Å². The summed E-state index contributed by atoms with van der Waals surface area (Å²) in [6, 6.07) is 22.8. The number of hydrogen-bond acceptors (Lipinski definition) is 11. The number of thioether (sulfide) groups is 1. The predicted molar refractivity (Wildman–Crippen MR) is 236 cm³/mol. The van der Waals surface area contributed by atoms with Crippen LogP contribution in [0.3, 0.4) is 0 Å². The number of aliphatic imine (C=N–C) groups is 2. The highest BCUT2D eigenvalue weighted by atomic mass is 32.2. The van der Waals surface area contributed by atoms with E-state index in [-0.39, 0.29) is 28.1 Å². The Kier molecular flexibility index (Phi) is 14.8. The smallest absolute Gasteiger partial charge is 0.436 e. The lowest BCUT2D eigenvalue weighted by Crippen LogP contribution is -2.50. The predicted octanol–water partition coefficient (Wildman–Crippen LogP) is 9.78. The van der Waals surface area contributed by atoms with Crippen molar-refractivity contribution in [2.24, 2.45) is 15.7 Å². The molecule has 0 aliphatic heterocycles. The lowest BCUT2D eigenvalue weighted by atomic mass is 10.00. The van der Waals surface area contributed by atoms with E-state index >= 15 is 0 Å². The average molecular weight is 864 g/mol. The maximum Gasteiger partial charge on any atom is 0.436 e. The monoisotopic (exact) mass is 863 g/mol. The zero-order chi connectivity index (χ0) is 43.9. The molecule has 0 unspecified atom stereocenters. The molecule has 13 nitrogen and oxygen atoms in total. The van der Waals surface area contributed by atoms with Crippen molar-refractivity contribution in [3.63, 3.8) is 0 Å². The van der Waals surface area contributed by atoms with Gasteiger partial charge >= 0.3 is 18.3 Å². The van der Waals surface area contributed by atoms with Gasteiger partial charge in [-0.15, -0.1) is 23.1 Å². The van der Waals surface area contributed by atoms with Crippen LogP contribution in [0.1, 0.15) is 78.3 Å². The van der Waals surface area contributed by atoms with E-state index in [1.807, 2.05) is 37.3 Å². The Morgan fingerprint density at radius 2 is 1.47 bits per heavy atom. The molecule has 3 aromatic carbocycles. The molecule has 0 fully saturated rings. The Labute approximate surface area is 355 Å². The Hall–Kier alpha value is -5.19. The molecule has 0 bridgehead atoms. The van der Waals surface area contributed by atoms with Crippen molar-refractivity contribution in [2.45, 2.75) is 106 Å². The summed E-state index contributed by atoms with van der Waals surface area (Å²) >= 11 is 2.34. The largest absolute Gasteiger partial charge is 0.444 e. The van der Waals surface area contributed by atoms with Gasteiger partial charge in [0, 0.05) is 6.54 Å². The van der Waals surface area contributed by atoms with E-state index < -0.39 is 44.9 Å². The lowest BCUT2D eigenvalue weighted by Gasteiger charge is -2.29. The number of hydrogen-bond donors (Lipinski definition) is 2. The van der Waals surface area contributed by atoms with E-state index in [2.05, 4.69) is 15.3 Å². The third kappa shape index (κ3) is 13.4. The topological polar surface area (TPSA) is 179 Å². The molecule has 4 aromatic rings. The molecule has 0 saturated heterocycles. The lowest BCUT2D eigenvalue weighted by molar-refractivity contribution is 0.0554. The van der Waals surface area contributed by atoms with Crippen LogP contribution in [0.4, 0.5) is 20.1 Å². The van der Waals surface area contributed by atoms with Gasteiger partial charge in [0.15, 0.2) is 0 Å². The van der Waals surface area contributed by atoms with Crippen LogP contribution >= 0.6 is 23.1 Å². The summed E-state index contributed by atoms with van der Waals surface area (Å²) in [5.74, 6) is -0.252. The van der Waals surface area contributed by atoms with Gasteiger partial charge in [-0.1, -0.05) is 48.5 Å². The summed E-state index contributed by atoms with van der Waals surface area (Å²) in [5, 5.41) is 2.67. The normalized spacial score (nSPS) is 12.8. The number of carbonyl (C=O) groups excluding carboxylic acids is 3. The fourth-order valence-corrected chi connectivity index (χ4v) is 9.38. The molecule has 3 N–H and O–H groups in total. The molecule has 4 rings (SSSR count). The van der Waals surface area contributed by atoms with Crippen molar-refractivity contribution in [3.8, 4) is 11.1 Å². The van der Waals surface area contributed by atoms with Crippen LogP contribution in [0.25, 0.3) is 11.1 Å². The van der Waals surface area contributed by atoms with Gasteiger partial charge in [0.1, 0.15) is 22.6 Å². The van der Waals surface area contributed by atoms with Crippen molar-refractivity contribution in [1.82, 2.24) is 5.32 Å². The summed E-state index contributed by atoms with van der Waals surface area (Å²) in [5.41, 5.74) is 6.93. The first-order valence-electron chi connectivity index (χ1n) is 18.7. The number of amides is 3. The fourth-order valence-electron chi connectivity index (χ4n) is 5.44. The number of ether oxygens (including phenoxy) is 3. The standard InChI is InChI=1S/C43H53N5O8S3/c1-27-24-30(48(40(51)56-43(8,9)10)37(47-39(50)55-42(5,6)7)45-23-22-28-16-13-12-14-17-28)20-21-32(27)29-18-15-19-31(25-29)59(52,53)34-26-33(58-36(34)57-11)35(44)46-38(49)54-41(2,3)4/h12-21,24-26H,22-23H2,1-11H3,(H2,44,46,49)(H,45,47,50). The number of nitrogens with one attached hydrogen (secondary N) is 1. The van der Waals surface area contributed by atoms with Gasteiger partial charge in [-0.3, -0.25) is 10.3 Å². The average Bonchev–Trinajstić information content (AvgIpc) is 3.56. The number of thiophene rings is 1. The maximum atomic E-state index is 14.2. The highest BCUT2D eigenvalue weighted by Crippen LogP contribution is 2.38. The molecule has 0 saturated carbocycles. The number of nitrogens with two attached hydrogens (primary N) is 1. The van der Waals surface area contributed by atoms with Gasteiger partial charge in [0.25, 0.3) is 0 Å². The molecule has 0 aliphatic carbocycles. The Morgan fingerprint density at radius 3 is 2.07 bits per heavy atom. The molecule has 0 spiro atoms. The van der Waals surface area contributed by atoms with Crippen LogP contribution in [-0.2, 0) is 30.5 Å². The molecule has 1 heterocycles. The van der Waals surface area contributed by atoms with Gasteiger partial charge in [0.2, 0.25) is 15.8 Å². The summed E-state index contributed by atoms with van der Waals surface area (Å²) < 4.78 is 45.4. The molecule has 16 heteroatoms. The van der Waals surface area contributed by atoms with Gasteiger partial charge in [-0.05, 0) is 134 Å². The Morgan fingerprint density at radius 1 is 0.831 bits per heavy atom. The minimum Gasteiger partial charge on any atom is -0.444 e. The van der Waals surface area contributed by atoms with E-state index in [1.54, 1.807) is 105 Å². The molecule has 3 amide bonds. The summed E-state index contributed by atoms with van der Waals surface area (Å²) in [6.07, 6.45) is -0.203. The van der Waals surface area contributed by atoms with Crippen molar-refractivity contribution in [2.75, 3.05) is 17.7 Å². The second kappa shape index (κ2) is 18.8. The maximum absolute atomic E-state index is 14.2. The van der Waals surface area contributed by atoms with Gasteiger partial charge < -0.3 is 19.9 Å². The number of guanidine groups is 1.